The average Bonchev–Trinajstić information content (AvgIpc) is 3.64. The summed E-state index contributed by atoms with van der Waals surface area (Å²) in [5, 5.41) is 7.31. The van der Waals surface area contributed by atoms with Crippen LogP contribution in [-0.4, -0.2) is 38.5 Å². The van der Waals surface area contributed by atoms with Crippen molar-refractivity contribution in [1.82, 2.24) is 24.1 Å². The minimum Gasteiger partial charge on any atom is -0.361 e. The Morgan fingerprint density at radius 1 is 1.05 bits per heavy atom. The van der Waals surface area contributed by atoms with Crippen molar-refractivity contribution in [2.45, 2.75) is 57.1 Å². The summed E-state index contributed by atoms with van der Waals surface area (Å²) >= 11 is 0. The van der Waals surface area contributed by atoms with Gasteiger partial charge < -0.3 is 9.84 Å². The summed E-state index contributed by atoms with van der Waals surface area (Å²) in [6, 6.07) is 10.8. The van der Waals surface area contributed by atoms with Crippen molar-refractivity contribution < 1.29 is 26.1 Å². The first kappa shape index (κ1) is 27.9. The summed E-state index contributed by atoms with van der Waals surface area (Å²) in [4.78, 5) is 12.9. The predicted octanol–water partition coefficient (Wildman–Crippen LogP) is 6.62. The number of rotatable bonds is 6. The van der Waals surface area contributed by atoms with Crippen LogP contribution in [0.15, 0.2) is 64.3 Å². The van der Waals surface area contributed by atoms with Gasteiger partial charge in [-0.2, -0.15) is 13.2 Å². The van der Waals surface area contributed by atoms with E-state index < -0.39 is 27.5 Å². The number of anilines is 1. The fourth-order valence-corrected chi connectivity index (χ4v) is 6.87. The predicted molar refractivity (Wildman–Crippen MR) is 150 cm³/mol. The number of pyridine rings is 1. The SMILES string of the molecule is Cc1noc(C)c1-c1ccc2c(-c3nc(N[C@H]4CCCC4C)ncc3C(F)(F)F)cn(S(=O)(=O)c3ccccc3)c2n1. The molecular weight excluding hydrogens is 569 g/mol. The van der Waals surface area contributed by atoms with E-state index in [2.05, 4.69) is 32.3 Å². The Kier molecular flexibility index (Phi) is 6.79. The van der Waals surface area contributed by atoms with Crippen LogP contribution in [0.25, 0.3) is 33.5 Å². The average molecular weight is 597 g/mol. The highest BCUT2D eigenvalue weighted by atomic mass is 32.2. The molecular formula is C29H27F3N6O3S. The molecule has 0 aliphatic heterocycles. The molecule has 1 aliphatic rings. The smallest absolute Gasteiger partial charge is 0.361 e. The Morgan fingerprint density at radius 2 is 1.81 bits per heavy atom. The third-order valence-electron chi connectivity index (χ3n) is 7.74. The van der Waals surface area contributed by atoms with Crippen LogP contribution in [0.4, 0.5) is 19.1 Å². The largest absolute Gasteiger partial charge is 0.419 e. The Balaban J connectivity index is 1.61. The summed E-state index contributed by atoms with van der Waals surface area (Å²) in [6.07, 6.45) is -0.0674. The van der Waals surface area contributed by atoms with Crippen molar-refractivity contribution in [2.75, 3.05) is 5.32 Å². The van der Waals surface area contributed by atoms with E-state index in [9.17, 15) is 21.6 Å². The highest BCUT2D eigenvalue weighted by Crippen LogP contribution is 2.41. The van der Waals surface area contributed by atoms with Gasteiger partial charge in [0, 0.05) is 29.4 Å². The maximum Gasteiger partial charge on any atom is 0.419 e. The van der Waals surface area contributed by atoms with Gasteiger partial charge in [0.15, 0.2) is 5.65 Å². The number of aromatic nitrogens is 5. The second-order valence-electron chi connectivity index (χ2n) is 10.5. The first-order valence-corrected chi connectivity index (χ1v) is 14.9. The van der Waals surface area contributed by atoms with Crippen molar-refractivity contribution in [1.29, 1.82) is 0 Å². The number of hydrogen-bond acceptors (Lipinski definition) is 8. The molecule has 1 saturated carbocycles. The van der Waals surface area contributed by atoms with E-state index >= 15 is 0 Å². The zero-order chi connectivity index (χ0) is 29.8. The van der Waals surface area contributed by atoms with E-state index in [1.54, 1.807) is 44.2 Å². The first-order valence-electron chi connectivity index (χ1n) is 13.4. The fraction of sp³-hybridized carbons (Fsp3) is 0.310. The van der Waals surface area contributed by atoms with Crippen molar-refractivity contribution in [2.24, 2.45) is 5.92 Å². The molecule has 1 unspecified atom stereocenters. The van der Waals surface area contributed by atoms with Crippen molar-refractivity contribution in [3.05, 3.63) is 71.9 Å². The van der Waals surface area contributed by atoms with Gasteiger partial charge in [-0.05, 0) is 56.9 Å². The van der Waals surface area contributed by atoms with Gasteiger partial charge in [-0.3, -0.25) is 0 Å². The lowest BCUT2D eigenvalue weighted by Gasteiger charge is -2.19. The van der Waals surface area contributed by atoms with Crippen LogP contribution in [0.2, 0.25) is 0 Å². The lowest BCUT2D eigenvalue weighted by Crippen LogP contribution is -2.23. The molecule has 218 valence electrons. The Hall–Kier alpha value is -4.26. The number of alkyl halides is 3. The number of nitrogens with one attached hydrogen (secondary N) is 1. The van der Waals surface area contributed by atoms with Crippen molar-refractivity contribution >= 4 is 27.0 Å². The molecule has 2 atom stereocenters. The molecule has 4 aromatic heterocycles. The number of nitrogens with zero attached hydrogens (tertiary/aromatic N) is 5. The summed E-state index contributed by atoms with van der Waals surface area (Å²) < 4.78 is 76.9. The van der Waals surface area contributed by atoms with E-state index in [0.29, 0.717) is 28.6 Å². The molecule has 0 saturated heterocycles. The number of benzene rings is 1. The first-order chi connectivity index (χ1) is 19.9. The molecule has 6 rings (SSSR count). The summed E-state index contributed by atoms with van der Waals surface area (Å²) in [7, 11) is -4.27. The molecule has 13 heteroatoms. The number of aryl methyl sites for hydroxylation is 2. The Bertz CT molecular complexity index is 1880. The van der Waals surface area contributed by atoms with Gasteiger partial charge in [0.2, 0.25) is 5.95 Å². The molecule has 0 bridgehead atoms. The Labute approximate surface area is 239 Å². The number of fused-ring (bicyclic) bond motifs is 1. The maximum atomic E-state index is 14.3. The molecule has 1 aromatic carbocycles. The van der Waals surface area contributed by atoms with E-state index in [-0.39, 0.29) is 33.5 Å². The second kappa shape index (κ2) is 10.2. The van der Waals surface area contributed by atoms with Gasteiger partial charge in [-0.1, -0.05) is 36.7 Å². The van der Waals surface area contributed by atoms with Crippen LogP contribution >= 0.6 is 0 Å². The van der Waals surface area contributed by atoms with Crippen LogP contribution in [0.5, 0.6) is 0 Å². The molecule has 42 heavy (non-hydrogen) atoms. The minimum atomic E-state index is -4.80. The lowest BCUT2D eigenvalue weighted by molar-refractivity contribution is -0.137. The van der Waals surface area contributed by atoms with Crippen LogP contribution in [-0.2, 0) is 16.2 Å². The molecule has 0 radical (unpaired) electrons. The number of halogens is 3. The lowest BCUT2D eigenvalue weighted by atomic mass is 10.0. The van der Waals surface area contributed by atoms with E-state index in [0.717, 1.165) is 35.6 Å². The zero-order valence-corrected chi connectivity index (χ0v) is 23.8. The van der Waals surface area contributed by atoms with Gasteiger partial charge in [0.25, 0.3) is 10.0 Å². The molecule has 5 aromatic rings. The normalized spacial score (nSPS) is 17.7. The van der Waals surface area contributed by atoms with Crippen LogP contribution in [0.3, 0.4) is 0 Å². The third kappa shape index (κ3) is 4.81. The van der Waals surface area contributed by atoms with E-state index in [1.165, 1.54) is 12.1 Å². The number of hydrogen-bond donors (Lipinski definition) is 1. The topological polar surface area (TPSA) is 116 Å². The van der Waals surface area contributed by atoms with Crippen LogP contribution in [0.1, 0.15) is 43.2 Å². The van der Waals surface area contributed by atoms with Gasteiger partial charge in [0.05, 0.1) is 27.5 Å². The summed E-state index contributed by atoms with van der Waals surface area (Å²) in [5.74, 6) is 0.823. The summed E-state index contributed by atoms with van der Waals surface area (Å²) in [5.41, 5.74) is -0.155. The highest BCUT2D eigenvalue weighted by molar-refractivity contribution is 7.90. The monoisotopic (exact) mass is 596 g/mol. The molecule has 0 amide bonds. The van der Waals surface area contributed by atoms with Gasteiger partial charge >= 0.3 is 6.18 Å². The molecule has 4 heterocycles. The van der Waals surface area contributed by atoms with E-state index in [4.69, 9.17) is 4.52 Å². The fourth-order valence-electron chi connectivity index (χ4n) is 5.53. The van der Waals surface area contributed by atoms with Gasteiger partial charge in [-0.25, -0.2) is 27.3 Å². The van der Waals surface area contributed by atoms with Gasteiger partial charge in [-0.15, -0.1) is 0 Å². The third-order valence-corrected chi connectivity index (χ3v) is 9.40. The van der Waals surface area contributed by atoms with Gasteiger partial charge in [0.1, 0.15) is 11.3 Å². The molecule has 0 spiro atoms. The standard InChI is InChI=1S/C29H27F3N6O3S/c1-16-8-7-11-23(16)35-28-33-14-22(29(30,31)32)26(36-28)21-15-38(42(39,40)19-9-5-4-6-10-19)27-20(21)12-13-24(34-27)25-17(2)37-41-18(25)3/h4-6,9-10,12-16,23H,7-8,11H2,1-3H3,(H,33,35,36)/t16?,23-/m0/s1. The summed E-state index contributed by atoms with van der Waals surface area (Å²) in [6.45, 7) is 5.49. The van der Waals surface area contributed by atoms with Crippen molar-refractivity contribution in [3.8, 4) is 22.5 Å². The second-order valence-corrected chi connectivity index (χ2v) is 12.4. The molecule has 1 fully saturated rings. The molecule has 1 aliphatic carbocycles. The minimum absolute atomic E-state index is 0.0219. The molecule has 1 N–H and O–H groups in total. The zero-order valence-electron chi connectivity index (χ0n) is 23.0. The van der Waals surface area contributed by atoms with Crippen LogP contribution < -0.4 is 5.32 Å². The quantitative estimate of drug-likeness (QED) is 0.233. The van der Waals surface area contributed by atoms with E-state index in [1.807, 2.05) is 0 Å². The van der Waals surface area contributed by atoms with Crippen molar-refractivity contribution in [3.63, 3.8) is 0 Å². The van der Waals surface area contributed by atoms with Crippen LogP contribution in [0, 0.1) is 19.8 Å². The maximum absolute atomic E-state index is 14.3. The molecule has 9 nitrogen and oxygen atoms in total. The highest BCUT2D eigenvalue weighted by Gasteiger charge is 2.37. The Morgan fingerprint density at radius 3 is 2.45 bits per heavy atom.